The fraction of sp³-hybridized carbons (Fsp3) is 0.455. The average molecular weight is 148 g/mol. The lowest BCUT2D eigenvalue weighted by molar-refractivity contribution is 0.593. The van der Waals surface area contributed by atoms with E-state index in [4.69, 9.17) is 0 Å². The monoisotopic (exact) mass is 148 g/mol. The molecular formula is C11H16. The predicted molar refractivity (Wildman–Crippen MR) is 50.4 cm³/mol. The van der Waals surface area contributed by atoms with Crippen LogP contribution in [0.4, 0.5) is 0 Å². The molecule has 0 heterocycles. The molecular weight excluding hydrogens is 132 g/mol. The molecule has 1 aliphatic rings. The first-order valence-corrected chi connectivity index (χ1v) is 4.29. The van der Waals surface area contributed by atoms with Gasteiger partial charge in [0.25, 0.3) is 0 Å². The van der Waals surface area contributed by atoms with Crippen molar-refractivity contribution in [2.75, 3.05) is 0 Å². The van der Waals surface area contributed by atoms with Gasteiger partial charge in [0.1, 0.15) is 0 Å². The molecule has 1 rings (SSSR count). The molecule has 0 aromatic rings. The van der Waals surface area contributed by atoms with E-state index in [9.17, 15) is 0 Å². The van der Waals surface area contributed by atoms with Gasteiger partial charge in [-0.2, -0.15) is 0 Å². The molecule has 0 spiro atoms. The Morgan fingerprint density at radius 3 is 3.09 bits per heavy atom. The minimum absolute atomic E-state index is 0.751. The van der Waals surface area contributed by atoms with Crippen molar-refractivity contribution in [3.05, 3.63) is 36.5 Å². The van der Waals surface area contributed by atoms with E-state index in [0.29, 0.717) is 0 Å². The highest BCUT2D eigenvalue weighted by molar-refractivity contribution is 5.26. The standard InChI is InChI=1S/C11H16/c1-3-6-10(2)9-11-7-4-5-8-11/h3-4,7-8,10H,1,5-6,9H2,2H3. The van der Waals surface area contributed by atoms with Crippen molar-refractivity contribution in [3.63, 3.8) is 0 Å². The third-order valence-corrected chi connectivity index (χ3v) is 2.00. The van der Waals surface area contributed by atoms with E-state index < -0.39 is 0 Å². The fourth-order valence-electron chi connectivity index (χ4n) is 1.43. The number of allylic oxidation sites excluding steroid dienone is 5. The van der Waals surface area contributed by atoms with Gasteiger partial charge in [-0.05, 0) is 25.2 Å². The Labute approximate surface area is 69.3 Å². The lowest BCUT2D eigenvalue weighted by Gasteiger charge is -2.07. The topological polar surface area (TPSA) is 0 Å². The van der Waals surface area contributed by atoms with E-state index in [1.807, 2.05) is 6.08 Å². The third-order valence-electron chi connectivity index (χ3n) is 2.00. The molecule has 0 aromatic heterocycles. The molecule has 1 aliphatic carbocycles. The van der Waals surface area contributed by atoms with Crippen LogP contribution < -0.4 is 0 Å². The summed E-state index contributed by atoms with van der Waals surface area (Å²) >= 11 is 0. The van der Waals surface area contributed by atoms with Crippen LogP contribution in [0.5, 0.6) is 0 Å². The molecule has 0 amide bonds. The zero-order valence-electron chi connectivity index (χ0n) is 7.22. The largest absolute Gasteiger partial charge is 0.103 e. The molecule has 0 N–H and O–H groups in total. The quantitative estimate of drug-likeness (QED) is 0.535. The number of hydrogen-bond donors (Lipinski definition) is 0. The van der Waals surface area contributed by atoms with Crippen LogP contribution in [0.15, 0.2) is 36.5 Å². The van der Waals surface area contributed by atoms with Crippen molar-refractivity contribution in [1.29, 1.82) is 0 Å². The van der Waals surface area contributed by atoms with Gasteiger partial charge in [-0.3, -0.25) is 0 Å². The summed E-state index contributed by atoms with van der Waals surface area (Å²) in [7, 11) is 0. The lowest BCUT2D eigenvalue weighted by atomic mass is 9.99. The third kappa shape index (κ3) is 2.75. The predicted octanol–water partition coefficient (Wildman–Crippen LogP) is 3.48. The fourth-order valence-corrected chi connectivity index (χ4v) is 1.43. The van der Waals surface area contributed by atoms with Crippen LogP contribution in [0.25, 0.3) is 0 Å². The molecule has 0 radical (unpaired) electrons. The Hall–Kier alpha value is -0.780. The van der Waals surface area contributed by atoms with E-state index in [-0.39, 0.29) is 0 Å². The summed E-state index contributed by atoms with van der Waals surface area (Å²) in [5.74, 6) is 0.751. The summed E-state index contributed by atoms with van der Waals surface area (Å²) in [5, 5.41) is 0. The van der Waals surface area contributed by atoms with Crippen molar-refractivity contribution < 1.29 is 0 Å². The zero-order valence-corrected chi connectivity index (χ0v) is 7.22. The molecule has 0 aromatic carbocycles. The van der Waals surface area contributed by atoms with Crippen LogP contribution in [0.2, 0.25) is 0 Å². The highest BCUT2D eigenvalue weighted by Gasteiger charge is 2.03. The summed E-state index contributed by atoms with van der Waals surface area (Å²) < 4.78 is 0. The lowest BCUT2D eigenvalue weighted by Crippen LogP contribution is -1.92. The maximum absolute atomic E-state index is 3.74. The summed E-state index contributed by atoms with van der Waals surface area (Å²) in [6.07, 6.45) is 12.2. The van der Waals surface area contributed by atoms with E-state index >= 15 is 0 Å². The Bertz CT molecular complexity index is 184. The second-order valence-electron chi connectivity index (χ2n) is 3.25. The Morgan fingerprint density at radius 2 is 2.55 bits per heavy atom. The highest BCUT2D eigenvalue weighted by Crippen LogP contribution is 2.20. The molecule has 1 atom stereocenters. The van der Waals surface area contributed by atoms with Crippen LogP contribution in [-0.2, 0) is 0 Å². The van der Waals surface area contributed by atoms with Crippen LogP contribution in [0.1, 0.15) is 26.2 Å². The summed E-state index contributed by atoms with van der Waals surface area (Å²) in [6, 6.07) is 0. The molecule has 0 heteroatoms. The summed E-state index contributed by atoms with van der Waals surface area (Å²) in [4.78, 5) is 0. The van der Waals surface area contributed by atoms with E-state index in [1.165, 1.54) is 12.0 Å². The van der Waals surface area contributed by atoms with Gasteiger partial charge in [0.15, 0.2) is 0 Å². The molecule has 0 nitrogen and oxygen atoms in total. The first kappa shape index (κ1) is 8.32. The number of hydrogen-bond acceptors (Lipinski definition) is 0. The molecule has 0 bridgehead atoms. The van der Waals surface area contributed by atoms with Crippen LogP contribution in [0, 0.1) is 5.92 Å². The van der Waals surface area contributed by atoms with Gasteiger partial charge in [0.2, 0.25) is 0 Å². The second-order valence-corrected chi connectivity index (χ2v) is 3.25. The summed E-state index contributed by atoms with van der Waals surface area (Å²) in [5.41, 5.74) is 1.50. The van der Waals surface area contributed by atoms with E-state index in [2.05, 4.69) is 31.7 Å². The molecule has 0 saturated carbocycles. The van der Waals surface area contributed by atoms with Gasteiger partial charge in [-0.1, -0.05) is 36.8 Å². The summed E-state index contributed by atoms with van der Waals surface area (Å²) in [6.45, 7) is 6.01. The van der Waals surface area contributed by atoms with Crippen LogP contribution >= 0.6 is 0 Å². The van der Waals surface area contributed by atoms with E-state index in [1.54, 1.807) is 0 Å². The van der Waals surface area contributed by atoms with Crippen molar-refractivity contribution in [2.45, 2.75) is 26.2 Å². The molecule has 1 unspecified atom stereocenters. The Morgan fingerprint density at radius 1 is 1.73 bits per heavy atom. The molecule has 0 fully saturated rings. The van der Waals surface area contributed by atoms with Gasteiger partial charge >= 0.3 is 0 Å². The van der Waals surface area contributed by atoms with Gasteiger partial charge in [0, 0.05) is 0 Å². The number of rotatable bonds is 4. The SMILES string of the molecule is C=CCC(C)CC1=CCC=C1. The first-order valence-electron chi connectivity index (χ1n) is 4.29. The van der Waals surface area contributed by atoms with Crippen molar-refractivity contribution in [2.24, 2.45) is 5.92 Å². The van der Waals surface area contributed by atoms with E-state index in [0.717, 1.165) is 18.8 Å². The minimum Gasteiger partial charge on any atom is -0.103 e. The molecule has 0 aliphatic heterocycles. The molecule has 0 saturated heterocycles. The maximum Gasteiger partial charge on any atom is -0.0160 e. The van der Waals surface area contributed by atoms with Crippen LogP contribution in [0.3, 0.4) is 0 Å². The average Bonchev–Trinajstić information content (AvgIpc) is 2.40. The minimum atomic E-state index is 0.751. The maximum atomic E-state index is 3.74. The highest BCUT2D eigenvalue weighted by atomic mass is 14.1. The van der Waals surface area contributed by atoms with Crippen LogP contribution in [-0.4, -0.2) is 0 Å². The van der Waals surface area contributed by atoms with Crippen molar-refractivity contribution in [3.8, 4) is 0 Å². The Kier molecular flexibility index (Phi) is 3.15. The smallest absolute Gasteiger partial charge is 0.0160 e. The van der Waals surface area contributed by atoms with Gasteiger partial charge in [0.05, 0.1) is 0 Å². The zero-order chi connectivity index (χ0) is 8.10. The molecule has 11 heavy (non-hydrogen) atoms. The van der Waals surface area contributed by atoms with Crippen molar-refractivity contribution >= 4 is 0 Å². The normalized spacial score (nSPS) is 18.1. The van der Waals surface area contributed by atoms with Gasteiger partial charge < -0.3 is 0 Å². The Balaban J connectivity index is 2.29. The van der Waals surface area contributed by atoms with Gasteiger partial charge in [-0.15, -0.1) is 6.58 Å². The molecule has 60 valence electrons. The first-order chi connectivity index (χ1) is 5.33. The van der Waals surface area contributed by atoms with Gasteiger partial charge in [-0.25, -0.2) is 0 Å². The van der Waals surface area contributed by atoms with Crippen molar-refractivity contribution in [1.82, 2.24) is 0 Å². The second kappa shape index (κ2) is 4.17.